The highest BCUT2D eigenvalue weighted by molar-refractivity contribution is 6.01. The Hall–Kier alpha value is -1.63. The molecular formula is C10H18N2O5. The summed E-state index contributed by atoms with van der Waals surface area (Å²) in [5, 5.41) is 8.43. The molecule has 0 heterocycles. The summed E-state index contributed by atoms with van der Waals surface area (Å²) in [4.78, 5) is 34.3. The number of amides is 1. The minimum Gasteiger partial charge on any atom is -0.481 e. The maximum absolute atomic E-state index is 11.6. The number of nitrogens with zero attached hydrogens (tertiary/aromatic N) is 1. The van der Waals surface area contributed by atoms with Crippen molar-refractivity contribution in [2.24, 2.45) is 5.73 Å². The number of esters is 1. The summed E-state index contributed by atoms with van der Waals surface area (Å²) in [6.45, 7) is 2.01. The zero-order chi connectivity index (χ0) is 13.4. The second kappa shape index (κ2) is 7.61. The average Bonchev–Trinajstić information content (AvgIpc) is 2.26. The van der Waals surface area contributed by atoms with Crippen LogP contribution < -0.4 is 5.73 Å². The van der Waals surface area contributed by atoms with Gasteiger partial charge in [-0.15, -0.1) is 0 Å². The minimum atomic E-state index is -1.34. The minimum absolute atomic E-state index is 0.0355. The Morgan fingerprint density at radius 1 is 1.41 bits per heavy atom. The first-order valence-corrected chi connectivity index (χ1v) is 5.29. The monoisotopic (exact) mass is 246 g/mol. The first-order chi connectivity index (χ1) is 7.90. The molecule has 1 unspecified atom stereocenters. The van der Waals surface area contributed by atoms with Crippen LogP contribution in [0, 0.1) is 0 Å². The van der Waals surface area contributed by atoms with Crippen LogP contribution in [0.4, 0.5) is 0 Å². The van der Waals surface area contributed by atoms with E-state index in [1.807, 2.05) is 0 Å². The lowest BCUT2D eigenvalue weighted by atomic mass is 10.2. The topological polar surface area (TPSA) is 110 Å². The van der Waals surface area contributed by atoms with Gasteiger partial charge in [-0.2, -0.15) is 0 Å². The van der Waals surface area contributed by atoms with Crippen molar-refractivity contribution < 1.29 is 24.2 Å². The number of carboxylic acid groups (broad SMARTS) is 1. The molecule has 0 saturated heterocycles. The van der Waals surface area contributed by atoms with Crippen molar-refractivity contribution in [1.82, 2.24) is 4.90 Å². The van der Waals surface area contributed by atoms with Crippen LogP contribution in [0.25, 0.3) is 0 Å². The summed E-state index contributed by atoms with van der Waals surface area (Å²) in [6.07, 6.45) is 0.277. The first kappa shape index (κ1) is 15.4. The molecule has 1 amide bonds. The summed E-state index contributed by atoms with van der Waals surface area (Å²) in [5.41, 5.74) is 5.40. The van der Waals surface area contributed by atoms with Crippen LogP contribution in [0.5, 0.6) is 0 Å². The van der Waals surface area contributed by atoms with Crippen LogP contribution in [-0.4, -0.2) is 54.1 Å². The van der Waals surface area contributed by atoms with Crippen molar-refractivity contribution in [3.63, 3.8) is 0 Å². The smallest absolute Gasteiger partial charge is 0.332 e. The molecule has 0 aromatic carbocycles. The van der Waals surface area contributed by atoms with Crippen molar-refractivity contribution in [3.05, 3.63) is 0 Å². The van der Waals surface area contributed by atoms with Crippen molar-refractivity contribution in [1.29, 1.82) is 0 Å². The fraction of sp³-hybridized carbons (Fsp3) is 0.700. The molecule has 0 spiro atoms. The van der Waals surface area contributed by atoms with Crippen LogP contribution in [0.2, 0.25) is 0 Å². The number of hydrogen-bond donors (Lipinski definition) is 2. The third-order valence-electron chi connectivity index (χ3n) is 2.07. The summed E-state index contributed by atoms with van der Waals surface area (Å²) >= 11 is 0. The van der Waals surface area contributed by atoms with E-state index in [4.69, 9.17) is 10.8 Å². The third kappa shape index (κ3) is 5.86. The Bertz CT molecular complexity index is 292. The van der Waals surface area contributed by atoms with E-state index in [0.29, 0.717) is 6.42 Å². The van der Waals surface area contributed by atoms with Crippen LogP contribution in [0.15, 0.2) is 0 Å². The second-order valence-corrected chi connectivity index (χ2v) is 3.49. The molecule has 3 N–H and O–H groups in total. The van der Waals surface area contributed by atoms with E-state index < -0.39 is 23.9 Å². The van der Waals surface area contributed by atoms with Gasteiger partial charge in [0.15, 0.2) is 6.04 Å². The van der Waals surface area contributed by atoms with E-state index in [2.05, 4.69) is 4.74 Å². The van der Waals surface area contributed by atoms with Gasteiger partial charge in [-0.05, 0) is 13.3 Å². The largest absolute Gasteiger partial charge is 0.481 e. The molecule has 0 aromatic rings. The number of rotatable bonds is 7. The van der Waals surface area contributed by atoms with E-state index >= 15 is 0 Å². The number of nitrogens with two attached hydrogens (primary N) is 1. The molecule has 0 saturated carbocycles. The zero-order valence-electron chi connectivity index (χ0n) is 10.0. The molecule has 1 atom stereocenters. The maximum Gasteiger partial charge on any atom is 0.332 e. The fourth-order valence-electron chi connectivity index (χ4n) is 1.15. The van der Waals surface area contributed by atoms with Gasteiger partial charge in [0.1, 0.15) is 0 Å². The number of likely N-dealkylation sites (N-methyl/N-ethyl adjacent to an activating group) is 1. The van der Waals surface area contributed by atoms with Crippen LogP contribution in [0.3, 0.4) is 0 Å². The van der Waals surface area contributed by atoms with Gasteiger partial charge in [0.25, 0.3) is 5.91 Å². The lowest BCUT2D eigenvalue weighted by Gasteiger charge is -2.19. The van der Waals surface area contributed by atoms with Crippen LogP contribution in [-0.2, 0) is 19.1 Å². The molecule has 7 heteroatoms. The van der Waals surface area contributed by atoms with Gasteiger partial charge in [-0.1, -0.05) is 0 Å². The van der Waals surface area contributed by atoms with Crippen molar-refractivity contribution >= 4 is 17.8 Å². The highest BCUT2D eigenvalue weighted by Crippen LogP contribution is 1.97. The Balaban J connectivity index is 4.11. The predicted octanol–water partition coefficient (Wildman–Crippen LogP) is -0.800. The highest BCUT2D eigenvalue weighted by Gasteiger charge is 2.26. The van der Waals surface area contributed by atoms with E-state index in [0.717, 1.165) is 0 Å². The second-order valence-electron chi connectivity index (χ2n) is 3.49. The van der Waals surface area contributed by atoms with E-state index in [9.17, 15) is 14.4 Å². The summed E-state index contributed by atoms with van der Waals surface area (Å²) < 4.78 is 4.61. The van der Waals surface area contributed by atoms with Crippen LogP contribution >= 0.6 is 0 Å². The van der Waals surface area contributed by atoms with Gasteiger partial charge in [-0.25, -0.2) is 4.79 Å². The van der Waals surface area contributed by atoms with Crippen molar-refractivity contribution in [2.45, 2.75) is 25.8 Å². The Morgan fingerprint density at radius 3 is 2.47 bits per heavy atom. The molecule has 98 valence electrons. The van der Waals surface area contributed by atoms with Gasteiger partial charge in [-0.3, -0.25) is 9.59 Å². The standard InChI is InChI=1S/C10H18N2O5/c1-3-17-10(16)8(11)9(15)12(2)6-4-5-7(13)14/h8H,3-6,11H2,1-2H3,(H,13,14). The maximum atomic E-state index is 11.6. The lowest BCUT2D eigenvalue weighted by Crippen LogP contribution is -2.47. The molecule has 0 fully saturated rings. The SMILES string of the molecule is CCOC(=O)C(N)C(=O)N(C)CCCC(=O)O. The molecule has 17 heavy (non-hydrogen) atoms. The number of ether oxygens (including phenoxy) is 1. The molecule has 0 aromatic heterocycles. The number of carbonyl (C=O) groups excluding carboxylic acids is 2. The zero-order valence-corrected chi connectivity index (χ0v) is 10.0. The Kier molecular flexibility index (Phi) is 6.88. The molecule has 7 nitrogen and oxygen atoms in total. The molecule has 0 bridgehead atoms. The quantitative estimate of drug-likeness (QED) is 0.449. The van der Waals surface area contributed by atoms with E-state index in [1.165, 1.54) is 11.9 Å². The fourth-order valence-corrected chi connectivity index (χ4v) is 1.15. The molecule has 0 rings (SSSR count). The Labute approximate surface area is 99.5 Å². The number of carboxylic acids is 1. The van der Waals surface area contributed by atoms with Crippen molar-refractivity contribution in [3.8, 4) is 0 Å². The average molecular weight is 246 g/mol. The van der Waals surface area contributed by atoms with Gasteiger partial charge in [0, 0.05) is 20.0 Å². The van der Waals surface area contributed by atoms with Gasteiger partial charge < -0.3 is 20.5 Å². The third-order valence-corrected chi connectivity index (χ3v) is 2.07. The van der Waals surface area contributed by atoms with E-state index in [1.54, 1.807) is 6.92 Å². The molecule has 0 aliphatic carbocycles. The molecule has 0 aliphatic heterocycles. The van der Waals surface area contributed by atoms with Gasteiger partial charge >= 0.3 is 11.9 Å². The number of hydrogen-bond acceptors (Lipinski definition) is 5. The molecule has 0 aliphatic rings. The van der Waals surface area contributed by atoms with Gasteiger partial charge in [0.05, 0.1) is 6.61 Å². The highest BCUT2D eigenvalue weighted by atomic mass is 16.5. The first-order valence-electron chi connectivity index (χ1n) is 5.29. The van der Waals surface area contributed by atoms with Gasteiger partial charge in [0.2, 0.25) is 0 Å². The van der Waals surface area contributed by atoms with E-state index in [-0.39, 0.29) is 19.6 Å². The molecule has 0 radical (unpaired) electrons. The normalized spacial score (nSPS) is 11.7. The summed E-state index contributed by atoms with van der Waals surface area (Å²) in [7, 11) is 1.46. The summed E-state index contributed by atoms with van der Waals surface area (Å²) in [6, 6.07) is -1.34. The molecular weight excluding hydrogens is 228 g/mol. The number of aliphatic carboxylic acids is 1. The van der Waals surface area contributed by atoms with Crippen molar-refractivity contribution in [2.75, 3.05) is 20.2 Å². The lowest BCUT2D eigenvalue weighted by molar-refractivity contribution is -0.150. The van der Waals surface area contributed by atoms with Crippen LogP contribution in [0.1, 0.15) is 19.8 Å². The Morgan fingerprint density at radius 2 is 2.00 bits per heavy atom. The predicted molar refractivity (Wildman–Crippen MR) is 59.1 cm³/mol. The summed E-state index contributed by atoms with van der Waals surface area (Å²) in [5.74, 6) is -2.28. The number of carbonyl (C=O) groups is 3.